The molecule has 0 fully saturated rings. The van der Waals surface area contributed by atoms with Crippen molar-refractivity contribution in [2.75, 3.05) is 5.73 Å². The number of nitrogens with two attached hydrogens (primary N) is 1. The lowest BCUT2D eigenvalue weighted by atomic mass is 10.1. The molecule has 0 amide bonds. The Morgan fingerprint density at radius 1 is 0.719 bits per heavy atom. The molecule has 0 radical (unpaired) electrons. The third-order valence-corrected chi connectivity index (χ3v) is 7.13. The minimum Gasteiger partial charge on any atom is -0.398 e. The number of hydrogen-bond acceptors (Lipinski definition) is 9. The topological polar surface area (TPSA) is 220 Å². The summed E-state index contributed by atoms with van der Waals surface area (Å²) in [5.74, 6) is 0. The van der Waals surface area contributed by atoms with Crippen LogP contribution in [-0.4, -0.2) is 53.9 Å². The number of anilines is 1. The van der Waals surface area contributed by atoms with Crippen LogP contribution in [-0.2, 0) is 30.4 Å². The molecule has 0 aliphatic rings. The second kappa shape index (κ2) is 6.92. The van der Waals surface area contributed by atoms with Crippen LogP contribution in [0.25, 0.3) is 27.5 Å². The molecule has 168 valence electrons. The quantitative estimate of drug-likeness (QED) is 0.227. The molecule has 0 aliphatic heterocycles. The zero-order valence-electron chi connectivity index (χ0n) is 15.5. The lowest BCUT2D eigenvalue weighted by molar-refractivity contribution is 0.479. The third kappa shape index (κ3) is 3.78. The number of rotatable bonds is 4. The van der Waals surface area contributed by atoms with E-state index in [2.05, 4.69) is 10.2 Å². The summed E-state index contributed by atoms with van der Waals surface area (Å²) in [6.45, 7) is 0. The lowest BCUT2D eigenvalue weighted by Crippen LogP contribution is -2.06. The first kappa shape index (κ1) is 22.1. The maximum Gasteiger partial charge on any atom is 0.296 e. The van der Waals surface area contributed by atoms with E-state index in [0.717, 1.165) is 16.9 Å². The molecule has 4 rings (SSSR count). The van der Waals surface area contributed by atoms with Gasteiger partial charge in [-0.05, 0) is 36.4 Å². The molecular weight excluding hydrogens is 488 g/mol. The number of hydrogen-bond donors (Lipinski definition) is 4. The van der Waals surface area contributed by atoms with Crippen molar-refractivity contribution in [2.45, 2.75) is 14.7 Å². The van der Waals surface area contributed by atoms with E-state index in [1.165, 1.54) is 24.3 Å². The molecular formula is C16H12N4O9S3. The highest BCUT2D eigenvalue weighted by molar-refractivity contribution is 7.87. The van der Waals surface area contributed by atoms with E-state index >= 15 is 0 Å². The molecule has 0 saturated carbocycles. The van der Waals surface area contributed by atoms with Gasteiger partial charge in [0.1, 0.15) is 20.8 Å². The Morgan fingerprint density at radius 3 is 1.97 bits per heavy atom. The first-order valence-corrected chi connectivity index (χ1v) is 12.6. The standard InChI is InChI=1S/C16H12N4O9S3/c17-12-3-1-8(5-15(12)32(27,28)29)20-18-13-4-2-10-11(16(13)19-20)6-9(30(21,22)23)7-14(10)31(24,25)26/h1-7H,17H2,(H,21,22,23)(H,24,25,26)(H,27,28,29). The van der Waals surface area contributed by atoms with Crippen LogP contribution in [0.3, 0.4) is 0 Å². The molecule has 0 unspecified atom stereocenters. The summed E-state index contributed by atoms with van der Waals surface area (Å²) >= 11 is 0. The van der Waals surface area contributed by atoms with Gasteiger partial charge in [0, 0.05) is 10.8 Å². The molecule has 16 heteroatoms. The minimum absolute atomic E-state index is 0.0249. The van der Waals surface area contributed by atoms with Crippen LogP contribution in [0.5, 0.6) is 0 Å². The molecule has 0 spiro atoms. The van der Waals surface area contributed by atoms with Gasteiger partial charge in [-0.2, -0.15) is 30.0 Å². The summed E-state index contributed by atoms with van der Waals surface area (Å²) in [5, 5.41) is 8.10. The number of aromatic nitrogens is 3. The smallest absolute Gasteiger partial charge is 0.296 e. The van der Waals surface area contributed by atoms with Crippen molar-refractivity contribution >= 4 is 57.8 Å². The molecule has 13 nitrogen and oxygen atoms in total. The summed E-state index contributed by atoms with van der Waals surface area (Å²) in [6.07, 6.45) is 0. The molecule has 0 bridgehead atoms. The van der Waals surface area contributed by atoms with Crippen LogP contribution in [0.4, 0.5) is 5.69 Å². The van der Waals surface area contributed by atoms with Gasteiger partial charge in [0.2, 0.25) is 0 Å². The number of benzene rings is 3. The Morgan fingerprint density at radius 2 is 1.38 bits per heavy atom. The molecule has 0 aliphatic carbocycles. The fourth-order valence-corrected chi connectivity index (χ4v) is 5.08. The Bertz CT molecular complexity index is 1760. The molecule has 32 heavy (non-hydrogen) atoms. The first-order chi connectivity index (χ1) is 14.7. The predicted molar refractivity (Wildman–Crippen MR) is 110 cm³/mol. The summed E-state index contributed by atoms with van der Waals surface area (Å²) in [4.78, 5) is -1.23. The number of fused-ring (bicyclic) bond motifs is 3. The van der Waals surface area contributed by atoms with Gasteiger partial charge >= 0.3 is 0 Å². The van der Waals surface area contributed by atoms with Crippen LogP contribution in [0.1, 0.15) is 0 Å². The first-order valence-electron chi connectivity index (χ1n) is 8.32. The largest absolute Gasteiger partial charge is 0.398 e. The Labute approximate surface area is 180 Å². The van der Waals surface area contributed by atoms with Crippen LogP contribution in [0.2, 0.25) is 0 Å². The molecule has 5 N–H and O–H groups in total. The highest BCUT2D eigenvalue weighted by Gasteiger charge is 2.23. The monoisotopic (exact) mass is 500 g/mol. The van der Waals surface area contributed by atoms with Crippen molar-refractivity contribution in [1.29, 1.82) is 0 Å². The molecule has 1 aromatic heterocycles. The van der Waals surface area contributed by atoms with E-state index in [-0.39, 0.29) is 33.2 Å². The van der Waals surface area contributed by atoms with Crippen molar-refractivity contribution in [3.63, 3.8) is 0 Å². The van der Waals surface area contributed by atoms with Crippen LogP contribution in [0.15, 0.2) is 57.2 Å². The van der Waals surface area contributed by atoms with Crippen LogP contribution < -0.4 is 5.73 Å². The van der Waals surface area contributed by atoms with E-state index in [1.807, 2.05) is 0 Å². The summed E-state index contributed by atoms with van der Waals surface area (Å²) in [7, 11) is -14.4. The molecule has 3 aromatic carbocycles. The number of nitrogen functional groups attached to an aromatic ring is 1. The minimum atomic E-state index is -4.89. The van der Waals surface area contributed by atoms with Crippen molar-refractivity contribution in [2.24, 2.45) is 0 Å². The van der Waals surface area contributed by atoms with Gasteiger partial charge in [0.05, 0.1) is 16.3 Å². The maximum atomic E-state index is 11.8. The van der Waals surface area contributed by atoms with Gasteiger partial charge in [0.25, 0.3) is 30.4 Å². The van der Waals surface area contributed by atoms with Crippen LogP contribution in [0, 0.1) is 0 Å². The van der Waals surface area contributed by atoms with Crippen LogP contribution >= 0.6 is 0 Å². The zero-order chi connectivity index (χ0) is 23.6. The van der Waals surface area contributed by atoms with Crippen molar-refractivity contribution < 1.29 is 38.9 Å². The van der Waals surface area contributed by atoms with Gasteiger partial charge in [-0.3, -0.25) is 13.7 Å². The summed E-state index contributed by atoms with van der Waals surface area (Å²) in [5.41, 5.74) is 5.50. The van der Waals surface area contributed by atoms with Crippen molar-refractivity contribution in [3.8, 4) is 5.69 Å². The Kier molecular flexibility index (Phi) is 4.77. The fraction of sp³-hybridized carbons (Fsp3) is 0. The average Bonchev–Trinajstić information content (AvgIpc) is 3.09. The van der Waals surface area contributed by atoms with Gasteiger partial charge in [0.15, 0.2) is 0 Å². The van der Waals surface area contributed by atoms with E-state index in [4.69, 9.17) is 5.73 Å². The maximum absolute atomic E-state index is 11.8. The zero-order valence-corrected chi connectivity index (χ0v) is 17.9. The van der Waals surface area contributed by atoms with E-state index in [9.17, 15) is 38.9 Å². The van der Waals surface area contributed by atoms with E-state index < -0.39 is 45.0 Å². The fourth-order valence-electron chi connectivity index (χ4n) is 3.10. The van der Waals surface area contributed by atoms with E-state index in [1.54, 1.807) is 0 Å². The van der Waals surface area contributed by atoms with Gasteiger partial charge in [-0.25, -0.2) is 0 Å². The third-order valence-electron chi connectivity index (χ3n) is 4.50. The van der Waals surface area contributed by atoms with Gasteiger partial charge < -0.3 is 5.73 Å². The summed E-state index contributed by atoms with van der Waals surface area (Å²) in [6, 6.07) is 7.67. The normalized spacial score (nSPS) is 13.1. The number of nitrogens with zero attached hydrogens (tertiary/aromatic N) is 3. The summed E-state index contributed by atoms with van der Waals surface area (Å²) < 4.78 is 98.1. The molecule has 0 saturated heterocycles. The lowest BCUT2D eigenvalue weighted by Gasteiger charge is -2.07. The highest BCUT2D eigenvalue weighted by Crippen LogP contribution is 2.32. The van der Waals surface area contributed by atoms with Crippen molar-refractivity contribution in [3.05, 3.63) is 42.5 Å². The predicted octanol–water partition coefficient (Wildman–Crippen LogP) is 0.896. The van der Waals surface area contributed by atoms with E-state index in [0.29, 0.717) is 6.07 Å². The van der Waals surface area contributed by atoms with Crippen molar-refractivity contribution in [1.82, 2.24) is 15.0 Å². The molecule has 4 aromatic rings. The van der Waals surface area contributed by atoms with Gasteiger partial charge in [-0.15, -0.1) is 10.2 Å². The Balaban J connectivity index is 2.07. The molecule has 0 atom stereocenters. The average molecular weight is 500 g/mol. The highest BCUT2D eigenvalue weighted by atomic mass is 32.2. The molecule has 1 heterocycles. The second-order valence-electron chi connectivity index (χ2n) is 6.59. The second-order valence-corrected chi connectivity index (χ2v) is 10.8. The van der Waals surface area contributed by atoms with Gasteiger partial charge in [-0.1, -0.05) is 6.07 Å². The Hall–Kier alpha value is -3.15. The SMILES string of the molecule is Nc1ccc(-n2nc3ccc4c(S(=O)(=O)O)cc(S(=O)(=O)O)cc4c3n2)cc1S(=O)(=O)O.